The van der Waals surface area contributed by atoms with Gasteiger partial charge in [0.1, 0.15) is 5.82 Å². The van der Waals surface area contributed by atoms with Gasteiger partial charge in [0, 0.05) is 20.6 Å². The third-order valence-corrected chi connectivity index (χ3v) is 3.18. The minimum Gasteiger partial charge on any atom is -0.331 e. The number of hydrogen-bond donors (Lipinski definition) is 0. The molecule has 0 saturated carbocycles. The highest BCUT2D eigenvalue weighted by Gasteiger charge is 2.08. The number of imidazole rings is 1. The van der Waals surface area contributed by atoms with Crippen molar-refractivity contribution in [2.45, 2.75) is 13.5 Å². The predicted octanol–water partition coefficient (Wildman–Crippen LogP) is 2.67. The van der Waals surface area contributed by atoms with Crippen LogP contribution in [0.1, 0.15) is 11.4 Å². The van der Waals surface area contributed by atoms with Crippen molar-refractivity contribution < 1.29 is 4.79 Å². The maximum Gasteiger partial charge on any atom is 0.316 e. The number of benzene rings is 1. The Hall–Kier alpha value is -1.55. The van der Waals surface area contributed by atoms with E-state index < -0.39 is 5.37 Å². The fourth-order valence-corrected chi connectivity index (χ4v) is 1.86. The second kappa shape index (κ2) is 4.37. The van der Waals surface area contributed by atoms with Crippen molar-refractivity contribution in [1.29, 1.82) is 0 Å². The SMILES string of the molecule is Cc1nc2cc(CN(C)C(=O)Cl)ccc2n1C. The lowest BCUT2D eigenvalue weighted by Gasteiger charge is -2.12. The van der Waals surface area contributed by atoms with E-state index in [1.54, 1.807) is 7.05 Å². The monoisotopic (exact) mass is 251 g/mol. The van der Waals surface area contributed by atoms with Crippen LogP contribution in [0.25, 0.3) is 11.0 Å². The second-order valence-electron chi connectivity index (χ2n) is 4.15. The van der Waals surface area contributed by atoms with Gasteiger partial charge in [-0.2, -0.15) is 0 Å². The average molecular weight is 252 g/mol. The van der Waals surface area contributed by atoms with Crippen LogP contribution in [0, 0.1) is 6.92 Å². The molecule has 2 aromatic rings. The molecule has 0 aliphatic rings. The fraction of sp³-hybridized carbons (Fsp3) is 0.333. The minimum absolute atomic E-state index is 0.456. The molecule has 4 nitrogen and oxygen atoms in total. The Bertz CT molecular complexity index is 576. The van der Waals surface area contributed by atoms with Crippen LogP contribution in [0.3, 0.4) is 0 Å². The van der Waals surface area contributed by atoms with Gasteiger partial charge in [-0.25, -0.2) is 4.98 Å². The first-order valence-electron chi connectivity index (χ1n) is 5.31. The van der Waals surface area contributed by atoms with E-state index in [0.717, 1.165) is 22.4 Å². The summed E-state index contributed by atoms with van der Waals surface area (Å²) in [5.41, 5.74) is 3.05. The fourth-order valence-electron chi connectivity index (χ4n) is 1.80. The summed E-state index contributed by atoms with van der Waals surface area (Å²) < 4.78 is 2.04. The topological polar surface area (TPSA) is 38.1 Å². The quantitative estimate of drug-likeness (QED) is 0.608. The standard InChI is InChI=1S/C12H14ClN3O/c1-8-14-10-6-9(7-15(2)12(13)17)4-5-11(10)16(8)3/h4-6H,7H2,1-3H3. The normalized spacial score (nSPS) is 10.8. The van der Waals surface area contributed by atoms with Crippen LogP contribution in [0.2, 0.25) is 0 Å². The molecule has 90 valence electrons. The molecule has 0 atom stereocenters. The third-order valence-electron chi connectivity index (χ3n) is 2.89. The molecule has 0 aliphatic carbocycles. The van der Waals surface area contributed by atoms with Gasteiger partial charge in [0.25, 0.3) is 0 Å². The lowest BCUT2D eigenvalue weighted by molar-refractivity contribution is 0.230. The van der Waals surface area contributed by atoms with Gasteiger partial charge in [0.05, 0.1) is 11.0 Å². The van der Waals surface area contributed by atoms with Crippen LogP contribution >= 0.6 is 11.6 Å². The van der Waals surface area contributed by atoms with Crippen LogP contribution in [-0.2, 0) is 13.6 Å². The summed E-state index contributed by atoms with van der Waals surface area (Å²) >= 11 is 5.39. The highest BCUT2D eigenvalue weighted by atomic mass is 35.5. The van der Waals surface area contributed by atoms with Crippen molar-refractivity contribution in [2.24, 2.45) is 7.05 Å². The van der Waals surface area contributed by atoms with Crippen LogP contribution in [0.5, 0.6) is 0 Å². The maximum absolute atomic E-state index is 10.9. The van der Waals surface area contributed by atoms with E-state index in [1.807, 2.05) is 36.7 Å². The smallest absolute Gasteiger partial charge is 0.316 e. The molecule has 0 spiro atoms. The molecule has 2 rings (SSSR count). The number of aromatic nitrogens is 2. The summed E-state index contributed by atoms with van der Waals surface area (Å²) in [5, 5.41) is -0.456. The second-order valence-corrected chi connectivity index (χ2v) is 4.47. The number of hydrogen-bond acceptors (Lipinski definition) is 2. The molecule has 1 aromatic heterocycles. The van der Waals surface area contributed by atoms with Gasteiger partial charge in [0.15, 0.2) is 0 Å². The highest BCUT2D eigenvalue weighted by Crippen LogP contribution is 2.17. The van der Waals surface area contributed by atoms with Gasteiger partial charge < -0.3 is 9.47 Å². The van der Waals surface area contributed by atoms with E-state index in [4.69, 9.17) is 11.6 Å². The summed E-state index contributed by atoms with van der Waals surface area (Å²) in [6.45, 7) is 2.46. The number of aryl methyl sites for hydroxylation is 2. The van der Waals surface area contributed by atoms with Gasteiger partial charge in [-0.1, -0.05) is 6.07 Å². The predicted molar refractivity (Wildman–Crippen MR) is 68.2 cm³/mol. The Morgan fingerprint density at radius 1 is 1.53 bits per heavy atom. The van der Waals surface area contributed by atoms with Gasteiger partial charge in [0.2, 0.25) is 0 Å². The van der Waals surface area contributed by atoms with Crippen molar-refractivity contribution in [1.82, 2.24) is 14.5 Å². The summed E-state index contributed by atoms with van der Waals surface area (Å²) in [6, 6.07) is 5.98. The lowest BCUT2D eigenvalue weighted by Crippen LogP contribution is -2.19. The number of carbonyl (C=O) groups excluding carboxylic acids is 1. The van der Waals surface area contributed by atoms with Crippen molar-refractivity contribution >= 4 is 28.0 Å². The Balaban J connectivity index is 2.35. The van der Waals surface area contributed by atoms with Gasteiger partial charge in [-0.15, -0.1) is 0 Å². The Labute approximate surface area is 105 Å². The molecule has 1 aromatic carbocycles. The number of rotatable bonds is 2. The third kappa shape index (κ3) is 2.26. The Kier molecular flexibility index (Phi) is 3.07. The number of carbonyl (C=O) groups is 1. The molecular formula is C12H14ClN3O. The van der Waals surface area contributed by atoms with Gasteiger partial charge in [-0.05, 0) is 36.2 Å². The van der Waals surface area contributed by atoms with Crippen molar-refractivity contribution in [2.75, 3.05) is 7.05 Å². The molecule has 0 fully saturated rings. The molecule has 0 N–H and O–H groups in total. The van der Waals surface area contributed by atoms with Gasteiger partial charge >= 0.3 is 5.37 Å². The van der Waals surface area contributed by atoms with Crippen LogP contribution < -0.4 is 0 Å². The molecule has 0 unspecified atom stereocenters. The van der Waals surface area contributed by atoms with E-state index in [-0.39, 0.29) is 0 Å². The molecule has 1 amide bonds. The first kappa shape index (κ1) is 11.9. The van der Waals surface area contributed by atoms with Crippen molar-refractivity contribution in [3.63, 3.8) is 0 Å². The van der Waals surface area contributed by atoms with E-state index in [0.29, 0.717) is 6.54 Å². The minimum atomic E-state index is -0.456. The molecule has 5 heteroatoms. The summed E-state index contributed by atoms with van der Waals surface area (Å²) in [4.78, 5) is 16.9. The molecule has 0 bridgehead atoms. The van der Waals surface area contributed by atoms with Crippen molar-refractivity contribution in [3.8, 4) is 0 Å². The van der Waals surface area contributed by atoms with Crippen LogP contribution in [0.15, 0.2) is 18.2 Å². The number of halogens is 1. The summed E-state index contributed by atoms with van der Waals surface area (Å²) in [5.74, 6) is 0.971. The number of fused-ring (bicyclic) bond motifs is 1. The zero-order chi connectivity index (χ0) is 12.6. The molecule has 0 saturated heterocycles. The lowest BCUT2D eigenvalue weighted by atomic mass is 10.2. The Morgan fingerprint density at radius 3 is 2.88 bits per heavy atom. The van der Waals surface area contributed by atoms with Gasteiger partial charge in [-0.3, -0.25) is 4.79 Å². The maximum atomic E-state index is 10.9. The zero-order valence-electron chi connectivity index (χ0n) is 10.1. The Morgan fingerprint density at radius 2 is 2.24 bits per heavy atom. The number of nitrogens with zero attached hydrogens (tertiary/aromatic N) is 3. The molecular weight excluding hydrogens is 238 g/mol. The zero-order valence-corrected chi connectivity index (χ0v) is 10.8. The first-order valence-corrected chi connectivity index (χ1v) is 5.69. The molecule has 0 aliphatic heterocycles. The molecule has 17 heavy (non-hydrogen) atoms. The van der Waals surface area contributed by atoms with E-state index in [1.165, 1.54) is 4.90 Å². The molecule has 1 heterocycles. The molecule has 0 radical (unpaired) electrons. The van der Waals surface area contributed by atoms with E-state index in [9.17, 15) is 4.79 Å². The summed E-state index contributed by atoms with van der Waals surface area (Å²) in [6.07, 6.45) is 0. The largest absolute Gasteiger partial charge is 0.331 e. The summed E-state index contributed by atoms with van der Waals surface area (Å²) in [7, 11) is 3.65. The highest BCUT2D eigenvalue weighted by molar-refractivity contribution is 6.62. The first-order chi connectivity index (χ1) is 7.99. The van der Waals surface area contributed by atoms with E-state index in [2.05, 4.69) is 4.98 Å². The van der Waals surface area contributed by atoms with Crippen molar-refractivity contribution in [3.05, 3.63) is 29.6 Å². The van der Waals surface area contributed by atoms with Crippen LogP contribution in [-0.4, -0.2) is 26.9 Å². The average Bonchev–Trinajstić information content (AvgIpc) is 2.54. The number of amides is 1. The van der Waals surface area contributed by atoms with E-state index >= 15 is 0 Å². The van der Waals surface area contributed by atoms with Crippen LogP contribution in [0.4, 0.5) is 4.79 Å².